The molecule has 1 aromatic carbocycles. The molecule has 3 nitrogen and oxygen atoms in total. The molecule has 0 aliphatic carbocycles. The van der Waals surface area contributed by atoms with Crippen LogP contribution < -0.4 is 5.32 Å². The van der Waals surface area contributed by atoms with Crippen molar-refractivity contribution in [2.75, 3.05) is 25.0 Å². The lowest BCUT2D eigenvalue weighted by Gasteiger charge is -2.27. The van der Waals surface area contributed by atoms with E-state index in [0.29, 0.717) is 6.54 Å². The lowest BCUT2D eigenvalue weighted by molar-refractivity contribution is -0.130. The van der Waals surface area contributed by atoms with Crippen LogP contribution >= 0.6 is 0 Å². The van der Waals surface area contributed by atoms with E-state index in [4.69, 9.17) is 0 Å². The number of likely N-dealkylation sites (tertiary alicyclic amines) is 1. The van der Waals surface area contributed by atoms with Crippen molar-refractivity contribution in [1.82, 2.24) is 4.90 Å². The molecule has 1 aromatic rings. The number of hydrogen-bond acceptors (Lipinski definition) is 2. The van der Waals surface area contributed by atoms with Gasteiger partial charge in [0, 0.05) is 18.8 Å². The lowest BCUT2D eigenvalue weighted by atomic mass is 10.1. The van der Waals surface area contributed by atoms with E-state index in [1.54, 1.807) is 0 Å². The summed E-state index contributed by atoms with van der Waals surface area (Å²) < 4.78 is 0. The van der Waals surface area contributed by atoms with Crippen LogP contribution in [0.2, 0.25) is 0 Å². The molecule has 3 heteroatoms. The van der Waals surface area contributed by atoms with Gasteiger partial charge in [0.2, 0.25) is 5.91 Å². The Labute approximate surface area is 116 Å². The molecule has 1 aliphatic rings. The quantitative estimate of drug-likeness (QED) is 0.902. The molecule has 1 heterocycles. The predicted octanol–water partition coefficient (Wildman–Crippen LogP) is 2.98. The fourth-order valence-electron chi connectivity index (χ4n) is 2.70. The van der Waals surface area contributed by atoms with E-state index in [0.717, 1.165) is 38.0 Å². The van der Waals surface area contributed by atoms with Gasteiger partial charge in [0.1, 0.15) is 0 Å². The largest absolute Gasteiger partial charge is 0.376 e. The number of benzene rings is 1. The summed E-state index contributed by atoms with van der Waals surface area (Å²) in [5.74, 6) is 0.227. The van der Waals surface area contributed by atoms with Crippen LogP contribution in [0.3, 0.4) is 0 Å². The Kier molecular flexibility index (Phi) is 4.83. The first-order chi connectivity index (χ1) is 9.22. The van der Waals surface area contributed by atoms with Gasteiger partial charge >= 0.3 is 0 Å². The fraction of sp³-hybridized carbons (Fsp3) is 0.562. The van der Waals surface area contributed by atoms with Crippen LogP contribution in [0.1, 0.15) is 37.3 Å². The monoisotopic (exact) mass is 260 g/mol. The fourth-order valence-corrected chi connectivity index (χ4v) is 2.70. The number of amides is 1. The minimum Gasteiger partial charge on any atom is -0.376 e. The third-order valence-electron chi connectivity index (χ3n) is 3.87. The molecule has 0 bridgehead atoms. The van der Waals surface area contributed by atoms with E-state index in [9.17, 15) is 4.79 Å². The zero-order valence-electron chi connectivity index (χ0n) is 12.0. The third-order valence-corrected chi connectivity index (χ3v) is 3.87. The average Bonchev–Trinajstić information content (AvgIpc) is 2.46. The standard InChI is InChI=1S/C16H24N2O/c1-3-14-9-7-8-13(2)16(14)17-12-15(19)18-10-5-4-6-11-18/h7-9,17H,3-6,10-12H2,1-2H3. The number of nitrogens with one attached hydrogen (secondary N) is 1. The topological polar surface area (TPSA) is 32.3 Å². The van der Waals surface area contributed by atoms with Gasteiger partial charge in [-0.3, -0.25) is 4.79 Å². The Hall–Kier alpha value is -1.51. The van der Waals surface area contributed by atoms with Gasteiger partial charge in [-0.1, -0.05) is 25.1 Å². The number of aryl methyl sites for hydroxylation is 2. The van der Waals surface area contributed by atoms with E-state index in [1.807, 2.05) is 4.90 Å². The van der Waals surface area contributed by atoms with Crippen LogP contribution in [0.5, 0.6) is 0 Å². The molecule has 1 saturated heterocycles. The highest BCUT2D eigenvalue weighted by molar-refractivity contribution is 5.81. The van der Waals surface area contributed by atoms with Crippen molar-refractivity contribution in [2.45, 2.75) is 39.5 Å². The van der Waals surface area contributed by atoms with Crippen molar-refractivity contribution in [2.24, 2.45) is 0 Å². The van der Waals surface area contributed by atoms with Gasteiger partial charge in [-0.2, -0.15) is 0 Å². The van der Waals surface area contributed by atoms with Crippen molar-refractivity contribution < 1.29 is 4.79 Å². The molecular weight excluding hydrogens is 236 g/mol. The minimum atomic E-state index is 0.227. The van der Waals surface area contributed by atoms with Crippen molar-refractivity contribution in [3.05, 3.63) is 29.3 Å². The molecule has 2 rings (SSSR count). The molecule has 104 valence electrons. The second kappa shape index (κ2) is 6.60. The van der Waals surface area contributed by atoms with Crippen LogP contribution in [0.4, 0.5) is 5.69 Å². The van der Waals surface area contributed by atoms with E-state index < -0.39 is 0 Å². The van der Waals surface area contributed by atoms with Crippen molar-refractivity contribution >= 4 is 11.6 Å². The molecule has 1 amide bonds. The second-order valence-corrected chi connectivity index (χ2v) is 5.26. The predicted molar refractivity (Wildman–Crippen MR) is 79.5 cm³/mol. The van der Waals surface area contributed by atoms with Gasteiger partial charge in [0.25, 0.3) is 0 Å². The molecule has 1 fully saturated rings. The van der Waals surface area contributed by atoms with Crippen molar-refractivity contribution in [1.29, 1.82) is 0 Å². The molecule has 0 radical (unpaired) electrons. The Morgan fingerprint density at radius 1 is 1.26 bits per heavy atom. The Morgan fingerprint density at radius 2 is 2.00 bits per heavy atom. The highest BCUT2D eigenvalue weighted by atomic mass is 16.2. The first-order valence-electron chi connectivity index (χ1n) is 7.32. The maximum absolute atomic E-state index is 12.1. The number of carbonyl (C=O) groups is 1. The van der Waals surface area contributed by atoms with E-state index in [2.05, 4.69) is 37.4 Å². The van der Waals surface area contributed by atoms with E-state index in [1.165, 1.54) is 17.5 Å². The number of piperidine rings is 1. The molecule has 0 spiro atoms. The number of anilines is 1. The molecule has 0 aromatic heterocycles. The number of carbonyl (C=O) groups excluding carboxylic acids is 1. The van der Waals surface area contributed by atoms with Crippen molar-refractivity contribution in [3.8, 4) is 0 Å². The summed E-state index contributed by atoms with van der Waals surface area (Å²) in [5, 5.41) is 3.34. The lowest BCUT2D eigenvalue weighted by Crippen LogP contribution is -2.39. The van der Waals surface area contributed by atoms with E-state index >= 15 is 0 Å². The first-order valence-corrected chi connectivity index (χ1v) is 7.32. The van der Waals surface area contributed by atoms with Crippen LogP contribution in [-0.4, -0.2) is 30.4 Å². The summed E-state index contributed by atoms with van der Waals surface area (Å²) in [6, 6.07) is 6.29. The minimum absolute atomic E-state index is 0.227. The van der Waals surface area contributed by atoms with Gasteiger partial charge in [-0.05, 0) is 43.7 Å². The van der Waals surface area contributed by atoms with E-state index in [-0.39, 0.29) is 5.91 Å². The molecule has 1 N–H and O–H groups in total. The molecule has 1 aliphatic heterocycles. The maximum atomic E-state index is 12.1. The highest BCUT2D eigenvalue weighted by Gasteiger charge is 2.16. The maximum Gasteiger partial charge on any atom is 0.241 e. The van der Waals surface area contributed by atoms with Crippen LogP contribution in [0, 0.1) is 6.92 Å². The summed E-state index contributed by atoms with van der Waals surface area (Å²) >= 11 is 0. The summed E-state index contributed by atoms with van der Waals surface area (Å²) in [4.78, 5) is 14.1. The molecule has 0 atom stereocenters. The van der Waals surface area contributed by atoms with Crippen LogP contribution in [-0.2, 0) is 11.2 Å². The Balaban J connectivity index is 1.96. The number of para-hydroxylation sites is 1. The molecular formula is C16H24N2O. The normalized spacial score (nSPS) is 15.4. The summed E-state index contributed by atoms with van der Waals surface area (Å²) in [5.41, 5.74) is 3.63. The zero-order chi connectivity index (χ0) is 13.7. The number of rotatable bonds is 4. The zero-order valence-corrected chi connectivity index (χ0v) is 12.0. The number of nitrogens with zero attached hydrogens (tertiary/aromatic N) is 1. The summed E-state index contributed by atoms with van der Waals surface area (Å²) in [7, 11) is 0. The summed E-state index contributed by atoms with van der Waals surface area (Å²) in [6.07, 6.45) is 4.55. The van der Waals surface area contributed by atoms with Crippen LogP contribution in [0.25, 0.3) is 0 Å². The Bertz CT molecular complexity index is 436. The van der Waals surface area contributed by atoms with Crippen molar-refractivity contribution in [3.63, 3.8) is 0 Å². The second-order valence-electron chi connectivity index (χ2n) is 5.26. The molecule has 0 saturated carbocycles. The molecule has 0 unspecified atom stereocenters. The Morgan fingerprint density at radius 3 is 2.68 bits per heavy atom. The third kappa shape index (κ3) is 3.49. The average molecular weight is 260 g/mol. The SMILES string of the molecule is CCc1cccc(C)c1NCC(=O)N1CCCCC1. The van der Waals surface area contributed by atoms with Gasteiger partial charge in [-0.25, -0.2) is 0 Å². The van der Waals surface area contributed by atoms with Crippen LogP contribution in [0.15, 0.2) is 18.2 Å². The number of hydrogen-bond donors (Lipinski definition) is 1. The van der Waals surface area contributed by atoms with Gasteiger partial charge in [0.15, 0.2) is 0 Å². The smallest absolute Gasteiger partial charge is 0.241 e. The van der Waals surface area contributed by atoms with Gasteiger partial charge < -0.3 is 10.2 Å². The highest BCUT2D eigenvalue weighted by Crippen LogP contribution is 2.21. The first kappa shape index (κ1) is 13.9. The molecule has 19 heavy (non-hydrogen) atoms. The summed E-state index contributed by atoms with van der Waals surface area (Å²) in [6.45, 7) is 6.50. The van der Waals surface area contributed by atoms with Gasteiger partial charge in [-0.15, -0.1) is 0 Å². The van der Waals surface area contributed by atoms with Gasteiger partial charge in [0.05, 0.1) is 6.54 Å².